The van der Waals surface area contributed by atoms with Crippen molar-refractivity contribution in [2.75, 3.05) is 0 Å². The Kier molecular flexibility index (Phi) is 4.55. The van der Waals surface area contributed by atoms with E-state index < -0.39 is 0 Å². The third-order valence-corrected chi connectivity index (χ3v) is 2.90. The molecule has 0 saturated carbocycles. The van der Waals surface area contributed by atoms with Crippen molar-refractivity contribution < 1.29 is 14.0 Å². The highest BCUT2D eigenvalue weighted by Crippen LogP contribution is 2.07. The van der Waals surface area contributed by atoms with E-state index in [2.05, 4.69) is 10.9 Å². The minimum absolute atomic E-state index is 0.233. The molecule has 5 nitrogen and oxygen atoms in total. The lowest BCUT2D eigenvalue weighted by Crippen LogP contribution is -2.41. The standard InChI is InChI=1S/C15H16N2O3/c1-11-13(9-10-20-11)15(19)17-16-14(18)8-7-12-5-3-2-4-6-12/h2-6,9-10H,7-8H2,1H3,(H,16,18)(H,17,19). The van der Waals surface area contributed by atoms with Crippen LogP contribution in [0.5, 0.6) is 0 Å². The lowest BCUT2D eigenvalue weighted by Gasteiger charge is -2.06. The molecule has 104 valence electrons. The molecular weight excluding hydrogens is 256 g/mol. The van der Waals surface area contributed by atoms with Gasteiger partial charge in [0.15, 0.2) is 0 Å². The Labute approximate surface area is 117 Å². The highest BCUT2D eigenvalue weighted by molar-refractivity contribution is 5.96. The summed E-state index contributed by atoms with van der Waals surface area (Å²) in [5.41, 5.74) is 6.25. The van der Waals surface area contributed by atoms with Crippen LogP contribution in [-0.2, 0) is 11.2 Å². The minimum Gasteiger partial charge on any atom is -0.469 e. The van der Waals surface area contributed by atoms with Crippen molar-refractivity contribution in [2.24, 2.45) is 0 Å². The molecule has 0 bridgehead atoms. The summed E-state index contributed by atoms with van der Waals surface area (Å²) >= 11 is 0. The topological polar surface area (TPSA) is 71.3 Å². The number of hydrogen-bond acceptors (Lipinski definition) is 3. The third-order valence-electron chi connectivity index (χ3n) is 2.90. The first kappa shape index (κ1) is 13.9. The molecule has 0 radical (unpaired) electrons. The first-order chi connectivity index (χ1) is 9.66. The van der Waals surface area contributed by atoms with Crippen molar-refractivity contribution >= 4 is 11.8 Å². The van der Waals surface area contributed by atoms with Gasteiger partial charge >= 0.3 is 0 Å². The van der Waals surface area contributed by atoms with Crippen LogP contribution in [0.1, 0.15) is 28.1 Å². The van der Waals surface area contributed by atoms with E-state index in [-0.39, 0.29) is 11.8 Å². The maximum atomic E-state index is 11.7. The Morgan fingerprint density at radius 3 is 2.50 bits per heavy atom. The summed E-state index contributed by atoms with van der Waals surface area (Å²) < 4.78 is 5.02. The van der Waals surface area contributed by atoms with Gasteiger partial charge < -0.3 is 4.42 Å². The number of hydrogen-bond donors (Lipinski definition) is 2. The Morgan fingerprint density at radius 1 is 1.10 bits per heavy atom. The van der Waals surface area contributed by atoms with E-state index in [0.29, 0.717) is 24.2 Å². The number of benzene rings is 1. The number of carbonyl (C=O) groups is 2. The molecule has 0 aliphatic carbocycles. The van der Waals surface area contributed by atoms with Gasteiger partial charge in [0.05, 0.1) is 11.8 Å². The van der Waals surface area contributed by atoms with Gasteiger partial charge in [0.2, 0.25) is 5.91 Å². The van der Waals surface area contributed by atoms with Crippen LogP contribution >= 0.6 is 0 Å². The quantitative estimate of drug-likeness (QED) is 0.836. The van der Waals surface area contributed by atoms with Crippen LogP contribution in [0.3, 0.4) is 0 Å². The van der Waals surface area contributed by atoms with Crippen molar-refractivity contribution in [3.05, 3.63) is 59.5 Å². The maximum Gasteiger partial charge on any atom is 0.273 e. The molecule has 5 heteroatoms. The molecule has 2 N–H and O–H groups in total. The summed E-state index contributed by atoms with van der Waals surface area (Å²) in [6.45, 7) is 1.69. The molecule has 1 aromatic carbocycles. The van der Waals surface area contributed by atoms with Crippen LogP contribution < -0.4 is 10.9 Å². The molecule has 1 heterocycles. The largest absolute Gasteiger partial charge is 0.469 e. The predicted molar refractivity (Wildman–Crippen MR) is 73.8 cm³/mol. The molecule has 2 rings (SSSR count). The lowest BCUT2D eigenvalue weighted by atomic mass is 10.1. The molecule has 0 spiro atoms. The third kappa shape index (κ3) is 3.71. The second-order valence-corrected chi connectivity index (χ2v) is 4.38. The molecule has 0 atom stereocenters. The summed E-state index contributed by atoms with van der Waals surface area (Å²) in [5, 5.41) is 0. The molecule has 0 saturated heterocycles. The number of hydrazine groups is 1. The van der Waals surface area contributed by atoms with E-state index in [1.54, 1.807) is 13.0 Å². The molecule has 0 aliphatic heterocycles. The Morgan fingerprint density at radius 2 is 1.85 bits per heavy atom. The van der Waals surface area contributed by atoms with Gasteiger partial charge in [-0.05, 0) is 25.0 Å². The van der Waals surface area contributed by atoms with Gasteiger partial charge in [0.25, 0.3) is 5.91 Å². The van der Waals surface area contributed by atoms with Crippen LogP contribution in [0.4, 0.5) is 0 Å². The zero-order valence-corrected chi connectivity index (χ0v) is 11.2. The van der Waals surface area contributed by atoms with Crippen LogP contribution in [0.25, 0.3) is 0 Å². The van der Waals surface area contributed by atoms with Gasteiger partial charge in [-0.3, -0.25) is 20.4 Å². The average molecular weight is 272 g/mol. The number of furan rings is 1. The van der Waals surface area contributed by atoms with Crippen LogP contribution in [0.2, 0.25) is 0 Å². The van der Waals surface area contributed by atoms with E-state index in [1.807, 2.05) is 30.3 Å². The van der Waals surface area contributed by atoms with Gasteiger partial charge in [-0.15, -0.1) is 0 Å². The molecule has 20 heavy (non-hydrogen) atoms. The fourth-order valence-corrected chi connectivity index (χ4v) is 1.78. The number of amides is 2. The molecule has 0 fully saturated rings. The van der Waals surface area contributed by atoms with Crippen molar-refractivity contribution in [3.63, 3.8) is 0 Å². The summed E-state index contributed by atoms with van der Waals surface area (Å²) in [6, 6.07) is 11.3. The highest BCUT2D eigenvalue weighted by atomic mass is 16.3. The second-order valence-electron chi connectivity index (χ2n) is 4.38. The van der Waals surface area contributed by atoms with Crippen molar-refractivity contribution in [3.8, 4) is 0 Å². The monoisotopic (exact) mass is 272 g/mol. The smallest absolute Gasteiger partial charge is 0.273 e. The van der Waals surface area contributed by atoms with Gasteiger partial charge in [-0.25, -0.2) is 0 Å². The van der Waals surface area contributed by atoms with E-state index in [9.17, 15) is 9.59 Å². The predicted octanol–water partition coefficient (Wildman–Crippen LogP) is 1.98. The van der Waals surface area contributed by atoms with E-state index in [0.717, 1.165) is 5.56 Å². The van der Waals surface area contributed by atoms with Crippen molar-refractivity contribution in [1.82, 2.24) is 10.9 Å². The Balaban J connectivity index is 1.75. The lowest BCUT2D eigenvalue weighted by molar-refractivity contribution is -0.121. The Bertz CT molecular complexity index is 590. The summed E-state index contributed by atoms with van der Waals surface area (Å²) in [7, 11) is 0. The number of nitrogens with one attached hydrogen (secondary N) is 2. The molecule has 0 unspecified atom stereocenters. The number of aryl methyl sites for hydroxylation is 2. The summed E-state index contributed by atoms with van der Waals surface area (Å²) in [6.07, 6.45) is 2.38. The molecule has 1 aromatic heterocycles. The van der Waals surface area contributed by atoms with Crippen molar-refractivity contribution in [2.45, 2.75) is 19.8 Å². The molecule has 2 amide bonds. The minimum atomic E-state index is -0.385. The SMILES string of the molecule is Cc1occc1C(=O)NNC(=O)CCc1ccccc1. The van der Waals surface area contributed by atoms with E-state index in [4.69, 9.17) is 4.42 Å². The van der Waals surface area contributed by atoms with E-state index >= 15 is 0 Å². The molecule has 0 aliphatic rings. The molecular formula is C15H16N2O3. The second kappa shape index (κ2) is 6.56. The highest BCUT2D eigenvalue weighted by Gasteiger charge is 2.11. The fourth-order valence-electron chi connectivity index (χ4n) is 1.78. The van der Waals surface area contributed by atoms with Gasteiger partial charge in [0.1, 0.15) is 5.76 Å². The number of carbonyl (C=O) groups excluding carboxylic acids is 2. The first-order valence-electron chi connectivity index (χ1n) is 6.34. The van der Waals surface area contributed by atoms with Crippen LogP contribution in [-0.4, -0.2) is 11.8 Å². The normalized spacial score (nSPS) is 10.1. The van der Waals surface area contributed by atoms with Gasteiger partial charge in [-0.2, -0.15) is 0 Å². The summed E-state index contributed by atoms with van der Waals surface area (Å²) in [5.74, 6) is -0.103. The van der Waals surface area contributed by atoms with Crippen LogP contribution in [0, 0.1) is 6.92 Å². The summed E-state index contributed by atoms with van der Waals surface area (Å²) in [4.78, 5) is 23.3. The maximum absolute atomic E-state index is 11.7. The van der Waals surface area contributed by atoms with Crippen molar-refractivity contribution in [1.29, 1.82) is 0 Å². The zero-order valence-electron chi connectivity index (χ0n) is 11.2. The van der Waals surface area contributed by atoms with Gasteiger partial charge in [0, 0.05) is 6.42 Å². The average Bonchev–Trinajstić information content (AvgIpc) is 2.90. The molecule has 2 aromatic rings. The van der Waals surface area contributed by atoms with E-state index in [1.165, 1.54) is 6.26 Å². The first-order valence-corrected chi connectivity index (χ1v) is 6.34. The van der Waals surface area contributed by atoms with Crippen LogP contribution in [0.15, 0.2) is 47.1 Å². The fraction of sp³-hybridized carbons (Fsp3) is 0.200. The number of rotatable bonds is 4. The Hall–Kier alpha value is -2.56. The van der Waals surface area contributed by atoms with Gasteiger partial charge in [-0.1, -0.05) is 30.3 Å². The zero-order chi connectivity index (χ0) is 14.4.